The highest BCUT2D eigenvalue weighted by Crippen LogP contribution is 2.58. The first kappa shape index (κ1) is 30.4. The zero-order chi connectivity index (χ0) is 33.5. The Hall–Kier alpha value is -4.70. The standard InChI is InChI=1S/C45H45N3O/c1-29-21-22-33(26-30(29)2)44(4)28-38(31-14-7-6-8-15-31)46-42(47-44)48-39-19-11-9-16-34(39)36-27-32(23-24-40(36)48)43(3)25-13-18-37-35-17-10-12-20-41(35)49-45(37,43)5/h6-20,22-24,27,29-30,37H,21,25-26,28H2,1-5H3. The molecule has 0 saturated heterocycles. The van der Waals surface area contributed by atoms with Crippen LogP contribution >= 0.6 is 0 Å². The van der Waals surface area contributed by atoms with Crippen LogP contribution in [0, 0.1) is 11.8 Å². The molecule has 246 valence electrons. The van der Waals surface area contributed by atoms with Crippen molar-refractivity contribution in [2.75, 3.05) is 0 Å². The molecule has 9 rings (SSSR count). The van der Waals surface area contributed by atoms with Crippen LogP contribution in [0.3, 0.4) is 0 Å². The first-order valence-electron chi connectivity index (χ1n) is 18.1. The zero-order valence-electron chi connectivity index (χ0n) is 29.3. The van der Waals surface area contributed by atoms with Crippen molar-refractivity contribution in [2.24, 2.45) is 21.8 Å². The van der Waals surface area contributed by atoms with E-state index in [0.29, 0.717) is 11.8 Å². The van der Waals surface area contributed by atoms with Crippen molar-refractivity contribution in [2.45, 2.75) is 82.8 Å². The van der Waals surface area contributed by atoms with Gasteiger partial charge in [0.2, 0.25) is 5.96 Å². The molecule has 0 bridgehead atoms. The van der Waals surface area contributed by atoms with Crippen LogP contribution < -0.4 is 4.74 Å². The number of nitrogens with zero attached hydrogens (tertiary/aromatic N) is 3. The quantitative estimate of drug-likeness (QED) is 0.180. The van der Waals surface area contributed by atoms with E-state index in [1.807, 2.05) is 0 Å². The summed E-state index contributed by atoms with van der Waals surface area (Å²) in [6.07, 6.45) is 11.1. The van der Waals surface area contributed by atoms with Gasteiger partial charge in [-0.25, -0.2) is 9.98 Å². The molecule has 4 heteroatoms. The lowest BCUT2D eigenvalue weighted by molar-refractivity contribution is 0.0140. The highest BCUT2D eigenvalue weighted by atomic mass is 16.5. The number of hydrogen-bond donors (Lipinski definition) is 0. The summed E-state index contributed by atoms with van der Waals surface area (Å²) in [5.74, 6) is 3.31. The third-order valence-corrected chi connectivity index (χ3v) is 12.8. The second kappa shape index (κ2) is 10.9. The lowest BCUT2D eigenvalue weighted by Gasteiger charge is -2.48. The Labute approximate surface area is 289 Å². The van der Waals surface area contributed by atoms with Gasteiger partial charge in [0.05, 0.1) is 22.3 Å². The number of para-hydroxylation sites is 2. The average Bonchev–Trinajstić information content (AvgIpc) is 3.62. The summed E-state index contributed by atoms with van der Waals surface area (Å²) < 4.78 is 9.24. The van der Waals surface area contributed by atoms with Crippen LogP contribution in [0.2, 0.25) is 0 Å². The second-order valence-electron chi connectivity index (χ2n) is 15.7. The number of allylic oxidation sites excluding steroid dienone is 2. The average molecular weight is 644 g/mol. The van der Waals surface area contributed by atoms with E-state index in [1.165, 1.54) is 33.0 Å². The van der Waals surface area contributed by atoms with Crippen molar-refractivity contribution in [3.05, 3.63) is 138 Å². The number of aromatic nitrogens is 1. The maximum Gasteiger partial charge on any atom is 0.231 e. The highest BCUT2D eigenvalue weighted by Gasteiger charge is 2.57. The smallest absolute Gasteiger partial charge is 0.231 e. The molecule has 6 unspecified atom stereocenters. The van der Waals surface area contributed by atoms with E-state index >= 15 is 0 Å². The first-order valence-corrected chi connectivity index (χ1v) is 18.1. The van der Waals surface area contributed by atoms with Crippen LogP contribution in [0.25, 0.3) is 21.8 Å². The summed E-state index contributed by atoms with van der Waals surface area (Å²) in [6, 6.07) is 35.1. The number of rotatable bonds is 3. The Balaban J connectivity index is 1.22. The van der Waals surface area contributed by atoms with Crippen LogP contribution in [-0.4, -0.2) is 27.4 Å². The minimum Gasteiger partial charge on any atom is -0.485 e. The molecule has 4 aromatic carbocycles. The molecule has 0 N–H and O–H groups in total. The fourth-order valence-electron chi connectivity index (χ4n) is 9.23. The van der Waals surface area contributed by atoms with E-state index in [0.717, 1.165) is 54.1 Å². The van der Waals surface area contributed by atoms with Gasteiger partial charge < -0.3 is 4.74 Å². The molecule has 0 spiro atoms. The minimum atomic E-state index is -0.399. The fraction of sp³-hybridized carbons (Fsp3) is 0.333. The zero-order valence-corrected chi connectivity index (χ0v) is 29.3. The normalized spacial score (nSPS) is 30.7. The molecule has 0 fully saturated rings. The van der Waals surface area contributed by atoms with E-state index in [4.69, 9.17) is 14.7 Å². The Morgan fingerprint density at radius 2 is 1.55 bits per heavy atom. The van der Waals surface area contributed by atoms with Crippen LogP contribution in [-0.2, 0) is 5.41 Å². The Morgan fingerprint density at radius 3 is 2.39 bits per heavy atom. The van der Waals surface area contributed by atoms with Gasteiger partial charge in [0.15, 0.2) is 0 Å². The number of ether oxygens (including phenoxy) is 1. The molecule has 5 aromatic rings. The summed E-state index contributed by atoms with van der Waals surface area (Å²) >= 11 is 0. The van der Waals surface area contributed by atoms with Crippen molar-refractivity contribution in [1.82, 2.24) is 4.57 Å². The summed E-state index contributed by atoms with van der Waals surface area (Å²) in [5.41, 5.74) is 7.57. The predicted molar refractivity (Wildman–Crippen MR) is 203 cm³/mol. The molecule has 0 amide bonds. The van der Waals surface area contributed by atoms with Crippen LogP contribution in [0.4, 0.5) is 0 Å². The summed E-state index contributed by atoms with van der Waals surface area (Å²) in [7, 11) is 0. The van der Waals surface area contributed by atoms with Gasteiger partial charge in [-0.05, 0) is 85.9 Å². The molecule has 3 heterocycles. The Morgan fingerprint density at radius 1 is 0.796 bits per heavy atom. The number of fused-ring (bicyclic) bond motifs is 6. The van der Waals surface area contributed by atoms with Crippen molar-refractivity contribution in [3.8, 4) is 5.75 Å². The first-order chi connectivity index (χ1) is 23.7. The van der Waals surface area contributed by atoms with Crippen molar-refractivity contribution < 1.29 is 4.74 Å². The molecule has 49 heavy (non-hydrogen) atoms. The van der Waals surface area contributed by atoms with E-state index in [1.54, 1.807) is 0 Å². The molecule has 4 nitrogen and oxygen atoms in total. The van der Waals surface area contributed by atoms with E-state index in [-0.39, 0.29) is 16.9 Å². The van der Waals surface area contributed by atoms with E-state index < -0.39 is 5.60 Å². The molecule has 1 aromatic heterocycles. The monoisotopic (exact) mass is 643 g/mol. The minimum absolute atomic E-state index is 0.208. The lowest BCUT2D eigenvalue weighted by atomic mass is 9.59. The molecule has 4 aliphatic rings. The summed E-state index contributed by atoms with van der Waals surface area (Å²) in [4.78, 5) is 11.0. The maximum atomic E-state index is 6.92. The van der Waals surface area contributed by atoms with Gasteiger partial charge in [-0.1, -0.05) is 112 Å². The van der Waals surface area contributed by atoms with Gasteiger partial charge in [0.1, 0.15) is 11.4 Å². The van der Waals surface area contributed by atoms with E-state index in [2.05, 4.69) is 154 Å². The van der Waals surface area contributed by atoms with Gasteiger partial charge >= 0.3 is 0 Å². The molecule has 6 atom stereocenters. The Kier molecular flexibility index (Phi) is 6.76. The largest absolute Gasteiger partial charge is 0.485 e. The fourth-order valence-corrected chi connectivity index (χ4v) is 9.23. The predicted octanol–water partition coefficient (Wildman–Crippen LogP) is 10.8. The van der Waals surface area contributed by atoms with Crippen molar-refractivity contribution in [1.29, 1.82) is 0 Å². The Bertz CT molecular complexity index is 2260. The van der Waals surface area contributed by atoms with Crippen LogP contribution in [0.1, 0.15) is 82.9 Å². The van der Waals surface area contributed by atoms with E-state index in [9.17, 15) is 0 Å². The van der Waals surface area contributed by atoms with Gasteiger partial charge in [0.25, 0.3) is 0 Å². The molecule has 0 saturated carbocycles. The van der Waals surface area contributed by atoms with Crippen molar-refractivity contribution in [3.63, 3.8) is 0 Å². The third kappa shape index (κ3) is 4.49. The molecule has 2 aliphatic carbocycles. The lowest BCUT2D eigenvalue weighted by Crippen LogP contribution is -2.54. The number of hydrogen-bond acceptors (Lipinski definition) is 3. The van der Waals surface area contributed by atoms with Gasteiger partial charge in [0, 0.05) is 34.1 Å². The second-order valence-corrected chi connectivity index (χ2v) is 15.7. The summed E-state index contributed by atoms with van der Waals surface area (Å²) in [6.45, 7) is 11.8. The molecule has 0 radical (unpaired) electrons. The summed E-state index contributed by atoms with van der Waals surface area (Å²) in [5, 5.41) is 2.45. The number of aliphatic imine (C=N–C) groups is 2. The molecular weight excluding hydrogens is 599 g/mol. The van der Waals surface area contributed by atoms with Gasteiger partial charge in [-0.3, -0.25) is 4.57 Å². The maximum absolute atomic E-state index is 6.92. The SMILES string of the molecule is CC1CC=C(C2(C)CC(c3ccccc3)=NC(n3c4ccccc4c4cc(C5(C)CC=CC6c7ccccc7OC65C)ccc43)=N2)CC1C. The van der Waals surface area contributed by atoms with Crippen molar-refractivity contribution >= 4 is 33.5 Å². The highest BCUT2D eigenvalue weighted by molar-refractivity contribution is 6.18. The van der Waals surface area contributed by atoms with Crippen LogP contribution in [0.5, 0.6) is 5.75 Å². The van der Waals surface area contributed by atoms with Gasteiger partial charge in [-0.2, -0.15) is 0 Å². The third-order valence-electron chi connectivity index (χ3n) is 12.8. The molecular formula is C45H45N3O. The van der Waals surface area contributed by atoms with Crippen LogP contribution in [0.15, 0.2) is 131 Å². The number of benzene rings is 4. The topological polar surface area (TPSA) is 38.9 Å². The molecule has 2 aliphatic heterocycles. The van der Waals surface area contributed by atoms with Gasteiger partial charge in [-0.15, -0.1) is 0 Å².